The summed E-state index contributed by atoms with van der Waals surface area (Å²) in [4.78, 5) is 7.08. The summed E-state index contributed by atoms with van der Waals surface area (Å²) in [6.45, 7) is 2.96. The highest BCUT2D eigenvalue weighted by Crippen LogP contribution is 2.56. The average Bonchev–Trinajstić information content (AvgIpc) is 3.37. The number of fused-ring (bicyclic) bond motifs is 1. The molecule has 2 bridgehead atoms. The van der Waals surface area contributed by atoms with Crippen molar-refractivity contribution in [1.29, 1.82) is 0 Å². The molecule has 2 aliphatic heterocycles. The molecule has 2 fully saturated rings. The Morgan fingerprint density at radius 1 is 1.25 bits per heavy atom. The van der Waals surface area contributed by atoms with Crippen LogP contribution in [0.4, 0.5) is 0 Å². The average molecular weight is 326 g/mol. The van der Waals surface area contributed by atoms with Gasteiger partial charge in [-0.25, -0.2) is 0 Å². The van der Waals surface area contributed by atoms with Crippen LogP contribution in [-0.4, -0.2) is 52.6 Å². The molecule has 3 atom stereocenters. The first kappa shape index (κ1) is 14.9. The summed E-state index contributed by atoms with van der Waals surface area (Å²) >= 11 is 0. The lowest BCUT2D eigenvalue weighted by Crippen LogP contribution is -2.71. The second kappa shape index (κ2) is 5.06. The Labute approximate surface area is 143 Å². The fraction of sp³-hybridized carbons (Fsp3) is 0.650. The van der Waals surface area contributed by atoms with Gasteiger partial charge in [0.15, 0.2) is 0 Å². The molecule has 2 N–H and O–H groups in total. The quantitative estimate of drug-likeness (QED) is 0.876. The third-order valence-corrected chi connectivity index (χ3v) is 7.06. The molecule has 24 heavy (non-hydrogen) atoms. The number of aliphatic hydroxyl groups is 1. The molecule has 5 rings (SSSR count). The first-order chi connectivity index (χ1) is 11.6. The van der Waals surface area contributed by atoms with Gasteiger partial charge in [0.1, 0.15) is 5.75 Å². The monoisotopic (exact) mass is 326 g/mol. The minimum Gasteiger partial charge on any atom is -0.508 e. The van der Waals surface area contributed by atoms with E-state index in [1.807, 2.05) is 12.3 Å². The van der Waals surface area contributed by atoms with Gasteiger partial charge >= 0.3 is 0 Å². The third kappa shape index (κ3) is 1.96. The normalized spacial score (nSPS) is 38.3. The van der Waals surface area contributed by atoms with Crippen LogP contribution >= 0.6 is 0 Å². The van der Waals surface area contributed by atoms with Gasteiger partial charge in [-0.3, -0.25) is 9.89 Å². The van der Waals surface area contributed by atoms with Gasteiger partial charge in [-0.15, -0.1) is 0 Å². The Morgan fingerprint density at radius 2 is 2.12 bits per heavy atom. The third-order valence-electron chi connectivity index (χ3n) is 7.06. The predicted molar refractivity (Wildman–Crippen MR) is 93.7 cm³/mol. The molecule has 1 saturated heterocycles. The molecule has 0 spiro atoms. The Kier molecular flexibility index (Phi) is 3.14. The Balaban J connectivity index is 1.65. The fourth-order valence-corrected chi connectivity index (χ4v) is 5.60. The molecule has 128 valence electrons. The van der Waals surface area contributed by atoms with Crippen LogP contribution < -0.4 is 0 Å². The molecular weight excluding hydrogens is 300 g/mol. The van der Waals surface area contributed by atoms with E-state index in [0.717, 1.165) is 44.8 Å². The summed E-state index contributed by atoms with van der Waals surface area (Å²) in [5.74, 6) is 1.15. The lowest BCUT2D eigenvalue weighted by molar-refractivity contribution is -0.143. The number of hydrogen-bond acceptors (Lipinski definition) is 4. The van der Waals surface area contributed by atoms with Crippen LogP contribution in [0.1, 0.15) is 43.2 Å². The van der Waals surface area contributed by atoms with E-state index < -0.39 is 5.60 Å². The van der Waals surface area contributed by atoms with E-state index in [4.69, 9.17) is 0 Å². The first-order valence-electron chi connectivity index (χ1n) is 9.39. The highest BCUT2D eigenvalue weighted by atomic mass is 16.3. The van der Waals surface area contributed by atoms with Gasteiger partial charge in [-0.2, -0.15) is 0 Å². The van der Waals surface area contributed by atoms with Crippen LogP contribution in [0.3, 0.4) is 0 Å². The van der Waals surface area contributed by atoms with Crippen molar-refractivity contribution >= 4 is 6.21 Å². The Hall–Kier alpha value is -1.39. The molecule has 4 aliphatic rings. The van der Waals surface area contributed by atoms with E-state index in [2.05, 4.69) is 16.0 Å². The maximum Gasteiger partial charge on any atom is 0.115 e. The van der Waals surface area contributed by atoms with E-state index in [0.29, 0.717) is 12.2 Å². The molecule has 1 aromatic rings. The van der Waals surface area contributed by atoms with Crippen molar-refractivity contribution in [2.24, 2.45) is 10.9 Å². The number of phenolic OH excluding ortho intramolecular Hbond substituents is 1. The van der Waals surface area contributed by atoms with Crippen molar-refractivity contribution in [3.63, 3.8) is 0 Å². The van der Waals surface area contributed by atoms with Gasteiger partial charge in [-0.1, -0.05) is 6.07 Å². The number of benzene rings is 1. The number of phenols is 1. The minimum absolute atomic E-state index is 0.174. The van der Waals surface area contributed by atoms with Gasteiger partial charge in [-0.05, 0) is 67.8 Å². The summed E-state index contributed by atoms with van der Waals surface area (Å²) in [6.07, 6.45) is 8.00. The Bertz CT molecular complexity index is 699. The highest BCUT2D eigenvalue weighted by molar-refractivity contribution is 5.63. The first-order valence-corrected chi connectivity index (χ1v) is 9.39. The van der Waals surface area contributed by atoms with Crippen molar-refractivity contribution in [2.75, 3.05) is 19.6 Å². The van der Waals surface area contributed by atoms with E-state index in [-0.39, 0.29) is 11.5 Å². The van der Waals surface area contributed by atoms with Gasteiger partial charge in [0.2, 0.25) is 0 Å². The lowest BCUT2D eigenvalue weighted by Gasteiger charge is -2.61. The van der Waals surface area contributed by atoms with E-state index in [1.54, 1.807) is 6.07 Å². The summed E-state index contributed by atoms with van der Waals surface area (Å²) in [5, 5.41) is 22.1. The number of piperidine rings is 1. The van der Waals surface area contributed by atoms with E-state index in [9.17, 15) is 10.2 Å². The molecule has 0 aromatic heterocycles. The zero-order valence-electron chi connectivity index (χ0n) is 14.1. The van der Waals surface area contributed by atoms with Crippen LogP contribution in [0.15, 0.2) is 23.2 Å². The maximum absolute atomic E-state index is 12.0. The zero-order valence-corrected chi connectivity index (χ0v) is 14.1. The molecular formula is C20H26N2O2. The summed E-state index contributed by atoms with van der Waals surface area (Å²) in [7, 11) is 0. The van der Waals surface area contributed by atoms with Gasteiger partial charge in [0.05, 0.1) is 5.60 Å². The second-order valence-corrected chi connectivity index (χ2v) is 8.30. The molecule has 4 nitrogen and oxygen atoms in total. The molecule has 2 aliphatic carbocycles. The molecule has 0 amide bonds. The largest absolute Gasteiger partial charge is 0.508 e. The summed E-state index contributed by atoms with van der Waals surface area (Å²) < 4.78 is 0. The van der Waals surface area contributed by atoms with Gasteiger partial charge in [0, 0.05) is 37.2 Å². The van der Waals surface area contributed by atoms with Crippen LogP contribution in [0, 0.1) is 5.92 Å². The standard InChI is InChI=1S/C20H26N2O2/c23-16-4-3-15-11-18-20(24)6-9-21-8-5-19(20,17(15)12-16)7-10-22(18)13-14-1-2-14/h3-4,9,12,14,18,23-24H,1-2,5-8,10-11,13H2/t18-,19+,20-/m1/s1. The van der Waals surface area contributed by atoms with Crippen LogP contribution in [0.5, 0.6) is 5.75 Å². The van der Waals surface area contributed by atoms with Crippen LogP contribution in [-0.2, 0) is 11.8 Å². The molecule has 1 aromatic carbocycles. The van der Waals surface area contributed by atoms with Crippen molar-refractivity contribution in [3.8, 4) is 5.75 Å². The number of hydrogen-bond donors (Lipinski definition) is 2. The summed E-state index contributed by atoms with van der Waals surface area (Å²) in [6, 6.07) is 5.96. The van der Waals surface area contributed by atoms with Crippen molar-refractivity contribution in [1.82, 2.24) is 4.90 Å². The van der Waals surface area contributed by atoms with Crippen LogP contribution in [0.2, 0.25) is 0 Å². The van der Waals surface area contributed by atoms with Crippen molar-refractivity contribution < 1.29 is 10.2 Å². The summed E-state index contributed by atoms with van der Waals surface area (Å²) in [5.41, 5.74) is 1.46. The van der Waals surface area contributed by atoms with Gasteiger partial charge < -0.3 is 10.2 Å². The SMILES string of the molecule is Oc1ccc2c(c1)[C@@]13CCN=CC[C@@]1(O)[C@@H](C2)N(CC1CC1)CC3. The van der Waals surface area contributed by atoms with E-state index >= 15 is 0 Å². The Morgan fingerprint density at radius 3 is 2.96 bits per heavy atom. The number of likely N-dealkylation sites (tertiary alicyclic amines) is 1. The van der Waals surface area contributed by atoms with Crippen LogP contribution in [0.25, 0.3) is 0 Å². The topological polar surface area (TPSA) is 56.1 Å². The number of aromatic hydroxyl groups is 1. The lowest BCUT2D eigenvalue weighted by atomic mass is 9.52. The number of rotatable bonds is 2. The predicted octanol–water partition coefficient (Wildman–Crippen LogP) is 2.27. The molecule has 4 heteroatoms. The molecule has 2 heterocycles. The van der Waals surface area contributed by atoms with Crippen molar-refractivity contribution in [3.05, 3.63) is 29.3 Å². The smallest absolute Gasteiger partial charge is 0.115 e. The number of nitrogens with zero attached hydrogens (tertiary/aromatic N) is 2. The second-order valence-electron chi connectivity index (χ2n) is 8.30. The van der Waals surface area contributed by atoms with Gasteiger partial charge in [0.25, 0.3) is 0 Å². The molecule has 1 saturated carbocycles. The van der Waals surface area contributed by atoms with E-state index in [1.165, 1.54) is 24.0 Å². The molecule has 0 unspecified atom stereocenters. The molecule has 0 radical (unpaired) electrons. The maximum atomic E-state index is 12.0. The number of aliphatic imine (C=N–C) groups is 1. The van der Waals surface area contributed by atoms with Crippen molar-refractivity contribution in [2.45, 2.75) is 55.6 Å². The minimum atomic E-state index is -0.763. The fourth-order valence-electron chi connectivity index (χ4n) is 5.60. The highest BCUT2D eigenvalue weighted by Gasteiger charge is 2.62. The zero-order chi connectivity index (χ0) is 16.4.